The fraction of sp³-hybridized carbons (Fsp3) is 0.292. The molecule has 0 aliphatic heterocycles. The van der Waals surface area contributed by atoms with Crippen LogP contribution in [0.3, 0.4) is 0 Å². The summed E-state index contributed by atoms with van der Waals surface area (Å²) in [5.74, 6) is -0.0290. The monoisotopic (exact) mass is 484 g/mol. The number of nitrogens with zero attached hydrogens (tertiary/aromatic N) is 3. The standard InChI is InChI=1S/C24H28N4O3S2/c1-6-11-28-21(15-33(30,31)20-9-7-16(2)8-10-20)26-27-24(28)32-14-22(29)25-23-18(4)12-17(3)13-19(23)5/h6-10,12-13H,1,11,14-15H2,2-5H3,(H,25,29). The molecule has 7 nitrogen and oxygen atoms in total. The number of aryl methyl sites for hydroxylation is 4. The molecule has 1 amide bonds. The second-order valence-electron chi connectivity index (χ2n) is 7.98. The fourth-order valence-electron chi connectivity index (χ4n) is 3.53. The highest BCUT2D eigenvalue weighted by Gasteiger charge is 2.22. The molecule has 0 aliphatic rings. The minimum Gasteiger partial charge on any atom is -0.325 e. The summed E-state index contributed by atoms with van der Waals surface area (Å²) in [4.78, 5) is 12.8. The van der Waals surface area contributed by atoms with Gasteiger partial charge >= 0.3 is 0 Å². The van der Waals surface area contributed by atoms with Gasteiger partial charge in [-0.3, -0.25) is 4.79 Å². The molecule has 1 heterocycles. The van der Waals surface area contributed by atoms with Crippen LogP contribution in [0.2, 0.25) is 0 Å². The molecule has 0 fully saturated rings. The van der Waals surface area contributed by atoms with Crippen molar-refractivity contribution in [2.45, 2.75) is 50.0 Å². The first-order valence-corrected chi connectivity index (χ1v) is 13.1. The number of carbonyl (C=O) groups excluding carboxylic acids is 1. The minimum absolute atomic E-state index is 0.118. The van der Waals surface area contributed by atoms with E-state index in [0.717, 1.165) is 27.9 Å². The Balaban J connectivity index is 1.74. The molecular formula is C24H28N4O3S2. The summed E-state index contributed by atoms with van der Waals surface area (Å²) in [6.45, 7) is 11.9. The van der Waals surface area contributed by atoms with Crippen LogP contribution in [0.1, 0.15) is 28.1 Å². The third-order valence-corrected chi connectivity index (χ3v) is 7.67. The number of thioether (sulfide) groups is 1. The molecule has 0 unspecified atom stereocenters. The van der Waals surface area contributed by atoms with Crippen molar-refractivity contribution < 1.29 is 13.2 Å². The van der Waals surface area contributed by atoms with Crippen LogP contribution < -0.4 is 5.32 Å². The second kappa shape index (κ2) is 10.4. The van der Waals surface area contributed by atoms with E-state index in [1.807, 2.05) is 39.8 Å². The summed E-state index contributed by atoms with van der Waals surface area (Å²) < 4.78 is 27.4. The Kier molecular flexibility index (Phi) is 7.76. The van der Waals surface area contributed by atoms with E-state index in [4.69, 9.17) is 0 Å². The van der Waals surface area contributed by atoms with E-state index in [0.29, 0.717) is 17.5 Å². The smallest absolute Gasteiger partial charge is 0.234 e. The van der Waals surface area contributed by atoms with Gasteiger partial charge in [-0.25, -0.2) is 8.42 Å². The summed E-state index contributed by atoms with van der Waals surface area (Å²) >= 11 is 1.21. The first-order chi connectivity index (χ1) is 15.6. The van der Waals surface area contributed by atoms with Crippen molar-refractivity contribution in [3.63, 3.8) is 0 Å². The molecule has 0 saturated carbocycles. The normalized spacial score (nSPS) is 11.4. The lowest BCUT2D eigenvalue weighted by Gasteiger charge is -2.13. The Morgan fingerprint density at radius 3 is 2.30 bits per heavy atom. The quantitative estimate of drug-likeness (QED) is 0.357. The minimum atomic E-state index is -3.59. The van der Waals surface area contributed by atoms with Gasteiger partial charge < -0.3 is 9.88 Å². The van der Waals surface area contributed by atoms with Gasteiger partial charge in [-0.1, -0.05) is 53.2 Å². The molecular weight excluding hydrogens is 456 g/mol. The van der Waals surface area contributed by atoms with Crippen LogP contribution in [0, 0.1) is 27.7 Å². The van der Waals surface area contributed by atoms with Gasteiger partial charge in [-0.05, 0) is 51.0 Å². The van der Waals surface area contributed by atoms with Gasteiger partial charge in [-0.2, -0.15) is 0 Å². The van der Waals surface area contributed by atoms with Crippen molar-refractivity contribution in [1.29, 1.82) is 0 Å². The maximum atomic E-state index is 12.9. The van der Waals surface area contributed by atoms with Crippen LogP contribution in [-0.4, -0.2) is 34.8 Å². The third kappa shape index (κ3) is 6.11. The van der Waals surface area contributed by atoms with E-state index in [1.54, 1.807) is 34.9 Å². The zero-order valence-corrected chi connectivity index (χ0v) is 20.9. The van der Waals surface area contributed by atoms with Crippen molar-refractivity contribution in [3.8, 4) is 0 Å². The van der Waals surface area contributed by atoms with Gasteiger partial charge in [-0.15, -0.1) is 16.8 Å². The van der Waals surface area contributed by atoms with Gasteiger partial charge in [0.2, 0.25) is 5.91 Å². The number of aromatic nitrogens is 3. The van der Waals surface area contributed by atoms with E-state index < -0.39 is 9.84 Å². The summed E-state index contributed by atoms with van der Waals surface area (Å²) in [7, 11) is -3.59. The summed E-state index contributed by atoms with van der Waals surface area (Å²) in [5, 5.41) is 11.7. The first-order valence-electron chi connectivity index (χ1n) is 10.4. The molecule has 0 spiro atoms. The fourth-order valence-corrected chi connectivity index (χ4v) is 5.56. The number of hydrogen-bond acceptors (Lipinski definition) is 6. The number of anilines is 1. The molecule has 9 heteroatoms. The molecule has 0 radical (unpaired) electrons. The first kappa shape index (κ1) is 24.7. The van der Waals surface area contributed by atoms with Gasteiger partial charge in [0.05, 0.1) is 10.6 Å². The number of amides is 1. The number of benzene rings is 2. The van der Waals surface area contributed by atoms with E-state index in [9.17, 15) is 13.2 Å². The summed E-state index contributed by atoms with van der Waals surface area (Å²) in [6.07, 6.45) is 1.65. The zero-order chi connectivity index (χ0) is 24.2. The molecule has 0 aliphatic carbocycles. The molecule has 1 aromatic heterocycles. The third-order valence-electron chi connectivity index (χ3n) is 5.08. The molecule has 3 rings (SSSR count). The van der Waals surface area contributed by atoms with Crippen molar-refractivity contribution in [1.82, 2.24) is 14.8 Å². The predicted molar refractivity (Wildman–Crippen MR) is 132 cm³/mol. The van der Waals surface area contributed by atoms with Crippen molar-refractivity contribution in [2.24, 2.45) is 0 Å². The highest BCUT2D eigenvalue weighted by molar-refractivity contribution is 7.99. The maximum Gasteiger partial charge on any atom is 0.234 e. The number of hydrogen-bond donors (Lipinski definition) is 1. The Bertz CT molecular complexity index is 1260. The van der Waals surface area contributed by atoms with E-state index >= 15 is 0 Å². The van der Waals surface area contributed by atoms with Crippen LogP contribution in [0.4, 0.5) is 5.69 Å². The van der Waals surface area contributed by atoms with Crippen molar-refractivity contribution in [3.05, 3.63) is 77.1 Å². The van der Waals surface area contributed by atoms with Gasteiger partial charge in [0.15, 0.2) is 15.0 Å². The van der Waals surface area contributed by atoms with E-state index in [1.165, 1.54) is 11.8 Å². The molecule has 174 valence electrons. The molecule has 0 saturated heterocycles. The molecule has 0 bridgehead atoms. The molecule has 1 N–H and O–H groups in total. The summed E-state index contributed by atoms with van der Waals surface area (Å²) in [5.41, 5.74) is 4.94. The van der Waals surface area contributed by atoms with Crippen LogP contribution in [0.25, 0.3) is 0 Å². The number of sulfone groups is 1. The average Bonchev–Trinajstić information content (AvgIpc) is 3.10. The lowest BCUT2D eigenvalue weighted by molar-refractivity contribution is -0.113. The van der Waals surface area contributed by atoms with Gasteiger partial charge in [0.25, 0.3) is 0 Å². The summed E-state index contributed by atoms with van der Waals surface area (Å²) in [6, 6.07) is 10.8. The highest BCUT2D eigenvalue weighted by atomic mass is 32.2. The SMILES string of the molecule is C=CCn1c(CS(=O)(=O)c2ccc(C)cc2)nnc1SCC(=O)Nc1c(C)cc(C)cc1C. The van der Waals surface area contributed by atoms with Crippen molar-refractivity contribution >= 4 is 33.2 Å². The number of carbonyl (C=O) groups is 1. The lowest BCUT2D eigenvalue weighted by Crippen LogP contribution is -2.17. The van der Waals surface area contributed by atoms with Crippen LogP contribution in [0.15, 0.2) is 59.1 Å². The highest BCUT2D eigenvalue weighted by Crippen LogP contribution is 2.24. The average molecular weight is 485 g/mol. The number of nitrogens with one attached hydrogen (secondary N) is 1. The number of allylic oxidation sites excluding steroid dienone is 1. The Morgan fingerprint density at radius 1 is 1.06 bits per heavy atom. The van der Waals surface area contributed by atoms with E-state index in [2.05, 4.69) is 22.1 Å². The second-order valence-corrected chi connectivity index (χ2v) is 10.9. The predicted octanol–water partition coefficient (Wildman–Crippen LogP) is 4.40. The van der Waals surface area contributed by atoms with Crippen LogP contribution in [0.5, 0.6) is 0 Å². The van der Waals surface area contributed by atoms with Crippen molar-refractivity contribution in [2.75, 3.05) is 11.1 Å². The van der Waals surface area contributed by atoms with Gasteiger partial charge in [0.1, 0.15) is 11.6 Å². The van der Waals surface area contributed by atoms with E-state index in [-0.39, 0.29) is 22.3 Å². The number of rotatable bonds is 9. The Hall–Kier alpha value is -2.91. The maximum absolute atomic E-state index is 12.9. The largest absolute Gasteiger partial charge is 0.325 e. The molecule has 0 atom stereocenters. The Labute approximate surface area is 199 Å². The molecule has 2 aromatic carbocycles. The lowest BCUT2D eigenvalue weighted by atomic mass is 10.1. The molecule has 3 aromatic rings. The van der Waals surface area contributed by atoms with Crippen LogP contribution in [-0.2, 0) is 26.9 Å². The van der Waals surface area contributed by atoms with Crippen LogP contribution >= 0.6 is 11.8 Å². The molecule has 33 heavy (non-hydrogen) atoms. The topological polar surface area (TPSA) is 93.9 Å². The van der Waals surface area contributed by atoms with Gasteiger partial charge in [0, 0.05) is 12.2 Å². The Morgan fingerprint density at radius 2 is 1.70 bits per heavy atom. The zero-order valence-electron chi connectivity index (χ0n) is 19.3.